The Bertz CT molecular complexity index is 1240. The van der Waals surface area contributed by atoms with E-state index in [9.17, 15) is 13.2 Å². The molecule has 2 aromatic carbocycles. The molecule has 0 saturated carbocycles. The lowest BCUT2D eigenvalue weighted by molar-refractivity contribution is -0.132. The number of ether oxygens (including phenoxy) is 2. The van der Waals surface area contributed by atoms with Crippen molar-refractivity contribution in [3.63, 3.8) is 0 Å². The van der Waals surface area contributed by atoms with E-state index in [4.69, 9.17) is 21.1 Å². The number of hydrogen-bond donors (Lipinski definition) is 0. The summed E-state index contributed by atoms with van der Waals surface area (Å²) in [5.41, 5.74) is 0.866. The van der Waals surface area contributed by atoms with Gasteiger partial charge in [0.05, 0.1) is 18.0 Å². The van der Waals surface area contributed by atoms with Gasteiger partial charge in [0.1, 0.15) is 0 Å². The Morgan fingerprint density at radius 1 is 1.06 bits per heavy atom. The first-order chi connectivity index (χ1) is 16.2. The molecular formula is C24H25ClN2O5S2. The van der Waals surface area contributed by atoms with E-state index in [1.807, 2.05) is 35.7 Å². The summed E-state index contributed by atoms with van der Waals surface area (Å²) < 4.78 is 38.7. The maximum atomic E-state index is 13.5. The van der Waals surface area contributed by atoms with Gasteiger partial charge < -0.3 is 14.4 Å². The van der Waals surface area contributed by atoms with Gasteiger partial charge in [-0.1, -0.05) is 23.7 Å². The summed E-state index contributed by atoms with van der Waals surface area (Å²) in [6.45, 7) is 4.07. The van der Waals surface area contributed by atoms with Gasteiger partial charge in [-0.3, -0.25) is 4.79 Å². The number of nitrogens with zero attached hydrogens (tertiary/aromatic N) is 2. The lowest BCUT2D eigenvalue weighted by Gasteiger charge is -2.29. The van der Waals surface area contributed by atoms with Gasteiger partial charge in [-0.25, -0.2) is 8.42 Å². The molecule has 0 saturated heterocycles. The second kappa shape index (κ2) is 10.4. The third kappa shape index (κ3) is 5.55. The number of sulfonamides is 1. The summed E-state index contributed by atoms with van der Waals surface area (Å²) in [4.78, 5) is 16.3. The van der Waals surface area contributed by atoms with Crippen LogP contribution in [0.3, 0.4) is 0 Å². The van der Waals surface area contributed by atoms with Crippen molar-refractivity contribution in [2.45, 2.75) is 37.9 Å². The third-order valence-electron chi connectivity index (χ3n) is 5.38. The Hall–Kier alpha value is -2.59. The van der Waals surface area contributed by atoms with E-state index in [0.717, 1.165) is 10.4 Å². The molecule has 0 bridgehead atoms. The minimum absolute atomic E-state index is 0.0963. The first-order valence-corrected chi connectivity index (χ1v) is 13.4. The summed E-state index contributed by atoms with van der Waals surface area (Å²) in [5.74, 6) is 1.01. The number of thiophene rings is 1. The fourth-order valence-corrected chi connectivity index (χ4v) is 6.03. The minimum atomic E-state index is -3.90. The van der Waals surface area contributed by atoms with Gasteiger partial charge >= 0.3 is 0 Å². The molecule has 2 heterocycles. The number of rotatable bonds is 9. The molecule has 3 aromatic rings. The topological polar surface area (TPSA) is 76.2 Å². The molecule has 1 aliphatic heterocycles. The number of hydrogen-bond acceptors (Lipinski definition) is 6. The molecule has 10 heteroatoms. The lowest BCUT2D eigenvalue weighted by atomic mass is 10.2. The van der Waals surface area contributed by atoms with Gasteiger partial charge in [-0.15, -0.1) is 11.3 Å². The first kappa shape index (κ1) is 24.5. The van der Waals surface area contributed by atoms with Gasteiger partial charge in [-0.05, 0) is 67.3 Å². The van der Waals surface area contributed by atoms with Crippen molar-refractivity contribution >= 4 is 38.9 Å². The summed E-state index contributed by atoms with van der Waals surface area (Å²) in [6, 6.07) is 15.0. The zero-order valence-corrected chi connectivity index (χ0v) is 21.2. The quantitative estimate of drug-likeness (QED) is 0.406. The van der Waals surface area contributed by atoms with Crippen LogP contribution in [-0.2, 0) is 27.9 Å². The molecule has 0 spiro atoms. The highest BCUT2D eigenvalue weighted by atomic mass is 35.5. The number of halogens is 1. The van der Waals surface area contributed by atoms with Crippen LogP contribution in [0.4, 0.5) is 0 Å². The van der Waals surface area contributed by atoms with E-state index >= 15 is 0 Å². The van der Waals surface area contributed by atoms with Crippen molar-refractivity contribution in [1.29, 1.82) is 0 Å². The van der Waals surface area contributed by atoms with Crippen LogP contribution < -0.4 is 9.47 Å². The molecule has 0 unspecified atom stereocenters. The van der Waals surface area contributed by atoms with E-state index in [2.05, 4.69) is 0 Å². The molecule has 7 nitrogen and oxygen atoms in total. The van der Waals surface area contributed by atoms with Crippen LogP contribution in [0.2, 0.25) is 5.02 Å². The van der Waals surface area contributed by atoms with Crippen LogP contribution in [0, 0.1) is 0 Å². The molecule has 0 fully saturated rings. The SMILES string of the molecule is CC(C)N(CC(=O)N(Cc1ccc2c(c1)OCO2)Cc1cccs1)S(=O)(=O)c1ccc(Cl)cc1. The van der Waals surface area contributed by atoms with Gasteiger partial charge in [0.15, 0.2) is 11.5 Å². The molecule has 34 heavy (non-hydrogen) atoms. The van der Waals surface area contributed by atoms with Crippen molar-refractivity contribution in [3.8, 4) is 11.5 Å². The van der Waals surface area contributed by atoms with E-state index in [1.54, 1.807) is 30.1 Å². The van der Waals surface area contributed by atoms with Crippen LogP contribution in [0.5, 0.6) is 11.5 Å². The average molecular weight is 521 g/mol. The third-order valence-corrected chi connectivity index (χ3v) is 8.53. The predicted molar refractivity (Wildman–Crippen MR) is 132 cm³/mol. The zero-order chi connectivity index (χ0) is 24.3. The number of benzene rings is 2. The van der Waals surface area contributed by atoms with Crippen molar-refractivity contribution in [2.24, 2.45) is 0 Å². The Morgan fingerprint density at radius 3 is 2.47 bits per heavy atom. The van der Waals surface area contributed by atoms with Gasteiger partial charge in [0, 0.05) is 22.5 Å². The average Bonchev–Trinajstić information content (AvgIpc) is 3.48. The van der Waals surface area contributed by atoms with Crippen LogP contribution in [0.25, 0.3) is 0 Å². The summed E-state index contributed by atoms with van der Waals surface area (Å²) in [6.07, 6.45) is 0. The predicted octanol–water partition coefficient (Wildman–Crippen LogP) is 4.76. The van der Waals surface area contributed by atoms with Gasteiger partial charge in [-0.2, -0.15) is 4.31 Å². The minimum Gasteiger partial charge on any atom is -0.454 e. The maximum absolute atomic E-state index is 13.5. The Kier molecular flexibility index (Phi) is 7.47. The molecule has 1 aromatic heterocycles. The molecular weight excluding hydrogens is 496 g/mol. The van der Waals surface area contributed by atoms with Gasteiger partial charge in [0.2, 0.25) is 22.7 Å². The molecule has 180 valence electrons. The number of fused-ring (bicyclic) bond motifs is 1. The second-order valence-corrected chi connectivity index (χ2v) is 11.5. The monoisotopic (exact) mass is 520 g/mol. The Balaban J connectivity index is 1.58. The van der Waals surface area contributed by atoms with E-state index < -0.39 is 16.1 Å². The molecule has 0 atom stereocenters. The standard InChI is InChI=1S/C24H25ClN2O5S2/c1-17(2)27(34(29,30)21-8-6-19(25)7-9-21)15-24(28)26(14-20-4-3-11-33-20)13-18-5-10-22-23(12-18)32-16-31-22/h3-12,17H,13-16H2,1-2H3. The number of carbonyl (C=O) groups excluding carboxylic acids is 1. The highest BCUT2D eigenvalue weighted by molar-refractivity contribution is 7.89. The van der Waals surface area contributed by atoms with E-state index in [0.29, 0.717) is 29.6 Å². The fraction of sp³-hybridized carbons (Fsp3) is 0.292. The largest absolute Gasteiger partial charge is 0.454 e. The molecule has 1 aliphatic rings. The number of carbonyl (C=O) groups is 1. The Morgan fingerprint density at radius 2 is 1.79 bits per heavy atom. The maximum Gasteiger partial charge on any atom is 0.243 e. The van der Waals surface area contributed by atoms with Crippen molar-refractivity contribution < 1.29 is 22.7 Å². The lowest BCUT2D eigenvalue weighted by Crippen LogP contribution is -2.45. The van der Waals surface area contributed by atoms with E-state index in [-0.39, 0.29) is 24.1 Å². The second-order valence-electron chi connectivity index (χ2n) is 8.11. The number of amides is 1. The molecule has 0 radical (unpaired) electrons. The first-order valence-electron chi connectivity index (χ1n) is 10.7. The Labute approximate surface area is 208 Å². The van der Waals surface area contributed by atoms with Crippen LogP contribution >= 0.6 is 22.9 Å². The molecule has 4 rings (SSSR count). The highest BCUT2D eigenvalue weighted by Gasteiger charge is 2.31. The van der Waals surface area contributed by atoms with Crippen LogP contribution in [-0.4, -0.2) is 42.9 Å². The highest BCUT2D eigenvalue weighted by Crippen LogP contribution is 2.33. The fourth-order valence-electron chi connectivity index (χ4n) is 3.60. The molecule has 0 aliphatic carbocycles. The summed E-state index contributed by atoms with van der Waals surface area (Å²) in [5, 5.41) is 2.39. The van der Waals surface area contributed by atoms with Crippen molar-refractivity contribution in [2.75, 3.05) is 13.3 Å². The van der Waals surface area contributed by atoms with Crippen molar-refractivity contribution in [3.05, 3.63) is 75.4 Å². The van der Waals surface area contributed by atoms with Crippen LogP contribution in [0.15, 0.2) is 64.9 Å². The van der Waals surface area contributed by atoms with E-state index in [1.165, 1.54) is 28.6 Å². The normalized spacial score (nSPS) is 13.0. The summed E-state index contributed by atoms with van der Waals surface area (Å²) in [7, 11) is -3.90. The summed E-state index contributed by atoms with van der Waals surface area (Å²) >= 11 is 7.47. The van der Waals surface area contributed by atoms with Gasteiger partial charge in [0.25, 0.3) is 0 Å². The van der Waals surface area contributed by atoms with Crippen molar-refractivity contribution in [1.82, 2.24) is 9.21 Å². The molecule has 0 N–H and O–H groups in total. The zero-order valence-electron chi connectivity index (χ0n) is 18.8. The smallest absolute Gasteiger partial charge is 0.243 e. The molecule has 1 amide bonds. The van der Waals surface area contributed by atoms with Crippen LogP contribution in [0.1, 0.15) is 24.3 Å².